The fourth-order valence-electron chi connectivity index (χ4n) is 4.62. The van der Waals surface area contributed by atoms with Crippen LogP contribution < -0.4 is 14.4 Å². The van der Waals surface area contributed by atoms with E-state index >= 15 is 0 Å². The minimum absolute atomic E-state index is 0.000516. The molecule has 0 atom stereocenters. The van der Waals surface area contributed by atoms with Crippen LogP contribution in [-0.2, 0) is 17.9 Å². The van der Waals surface area contributed by atoms with Gasteiger partial charge in [-0.15, -0.1) is 0 Å². The van der Waals surface area contributed by atoms with Gasteiger partial charge in [-0.25, -0.2) is 9.78 Å². The van der Waals surface area contributed by atoms with Crippen LogP contribution in [0.1, 0.15) is 38.2 Å². The van der Waals surface area contributed by atoms with E-state index in [4.69, 9.17) is 9.47 Å². The Bertz CT molecular complexity index is 1290. The number of likely N-dealkylation sites (N-methyl/N-ethyl adjacent to an activating group) is 1. The van der Waals surface area contributed by atoms with E-state index in [1.165, 1.54) is 0 Å². The number of nitrogens with zero attached hydrogens (tertiary/aromatic N) is 5. The lowest BCUT2D eigenvalue weighted by atomic mass is 10.1. The van der Waals surface area contributed by atoms with E-state index in [0.29, 0.717) is 37.7 Å². The van der Waals surface area contributed by atoms with E-state index < -0.39 is 0 Å². The molecule has 1 aliphatic rings. The van der Waals surface area contributed by atoms with Crippen LogP contribution in [-0.4, -0.2) is 72.2 Å². The van der Waals surface area contributed by atoms with Crippen LogP contribution in [0.5, 0.6) is 11.5 Å². The molecule has 10 heteroatoms. The van der Waals surface area contributed by atoms with Gasteiger partial charge in [0.15, 0.2) is 11.5 Å². The predicted octanol–water partition coefficient (Wildman–Crippen LogP) is 5.14. The molecule has 38 heavy (non-hydrogen) atoms. The molecule has 0 bridgehead atoms. The molecular formula is C28H36IN5O4. The number of benzene rings is 1. The van der Waals surface area contributed by atoms with Crippen LogP contribution in [0.25, 0.3) is 11.0 Å². The molecule has 1 saturated heterocycles. The third-order valence-electron chi connectivity index (χ3n) is 6.74. The Morgan fingerprint density at radius 3 is 2.71 bits per heavy atom. The van der Waals surface area contributed by atoms with Crippen molar-refractivity contribution in [2.24, 2.45) is 0 Å². The zero-order valence-electron chi connectivity index (χ0n) is 22.6. The Hall–Kier alpha value is -3.02. The smallest absolute Gasteiger partial charge is 0.324 e. The Morgan fingerprint density at radius 1 is 1.16 bits per heavy atom. The van der Waals surface area contributed by atoms with E-state index in [1.54, 1.807) is 32.3 Å². The Morgan fingerprint density at radius 2 is 1.97 bits per heavy atom. The molecule has 2 aromatic heterocycles. The number of fused-ring (bicyclic) bond motifs is 1. The third-order valence-corrected chi connectivity index (χ3v) is 7.56. The second-order valence-corrected chi connectivity index (χ2v) is 10.8. The van der Waals surface area contributed by atoms with Gasteiger partial charge in [-0.1, -0.05) is 19.8 Å². The van der Waals surface area contributed by atoms with Crippen LogP contribution in [0.3, 0.4) is 0 Å². The fraction of sp³-hybridized carbons (Fsp3) is 0.464. The molecular weight excluding hydrogens is 597 g/mol. The number of methoxy groups -OCH3 is 1. The van der Waals surface area contributed by atoms with Gasteiger partial charge in [0, 0.05) is 66.8 Å². The lowest BCUT2D eigenvalue weighted by molar-refractivity contribution is -0.129. The summed E-state index contributed by atoms with van der Waals surface area (Å²) in [4.78, 5) is 35.8. The number of unbranched alkanes of at least 4 members (excludes halogenated alkanes) is 2. The number of anilines is 1. The number of hydrogen-bond acceptors (Lipinski definition) is 5. The molecule has 0 unspecified atom stereocenters. The quantitative estimate of drug-likeness (QED) is 0.216. The van der Waals surface area contributed by atoms with Gasteiger partial charge in [0.25, 0.3) is 0 Å². The number of hydrogen-bond donors (Lipinski definition) is 0. The minimum atomic E-state index is -0.0412. The maximum atomic E-state index is 13.6. The molecule has 0 radical (unpaired) electrons. The van der Waals surface area contributed by atoms with Crippen LogP contribution in [0, 0.1) is 3.57 Å². The monoisotopic (exact) mass is 633 g/mol. The average Bonchev–Trinajstić information content (AvgIpc) is 3.23. The third kappa shape index (κ3) is 6.16. The topological polar surface area (TPSA) is 80.1 Å². The highest BCUT2D eigenvalue weighted by Crippen LogP contribution is 2.34. The van der Waals surface area contributed by atoms with Gasteiger partial charge in [0.1, 0.15) is 12.2 Å². The van der Waals surface area contributed by atoms with Crippen molar-refractivity contribution in [3.63, 3.8) is 0 Å². The van der Waals surface area contributed by atoms with Crippen molar-refractivity contribution >= 4 is 51.2 Å². The van der Waals surface area contributed by atoms with E-state index in [1.807, 2.05) is 44.8 Å². The lowest BCUT2D eigenvalue weighted by Crippen LogP contribution is -2.49. The van der Waals surface area contributed by atoms with Crippen LogP contribution in [0.15, 0.2) is 36.7 Å². The van der Waals surface area contributed by atoms with Gasteiger partial charge in [-0.05, 0) is 59.2 Å². The highest BCUT2D eigenvalue weighted by atomic mass is 127. The molecule has 4 rings (SSSR count). The number of rotatable bonds is 11. The molecule has 1 aliphatic heterocycles. The van der Waals surface area contributed by atoms with Crippen molar-refractivity contribution in [2.45, 2.75) is 45.7 Å². The number of pyridine rings is 1. The summed E-state index contributed by atoms with van der Waals surface area (Å²) in [6.45, 7) is 4.78. The summed E-state index contributed by atoms with van der Waals surface area (Å²) in [7, 11) is 5.12. The first-order valence-electron chi connectivity index (χ1n) is 13.0. The molecule has 3 aromatic rings. The van der Waals surface area contributed by atoms with E-state index in [2.05, 4.69) is 34.5 Å². The second-order valence-electron chi connectivity index (χ2n) is 9.66. The molecule has 9 nitrogen and oxygen atoms in total. The Balaban J connectivity index is 1.55. The van der Waals surface area contributed by atoms with Crippen molar-refractivity contribution in [3.05, 3.63) is 45.8 Å². The van der Waals surface area contributed by atoms with Gasteiger partial charge in [0.2, 0.25) is 5.91 Å². The number of amides is 3. The summed E-state index contributed by atoms with van der Waals surface area (Å²) in [5.74, 6) is 1.32. The van der Waals surface area contributed by atoms with E-state index in [0.717, 1.165) is 51.5 Å². The number of carbonyl (C=O) groups is 2. The summed E-state index contributed by atoms with van der Waals surface area (Å²) in [6, 6.07) is 7.60. The van der Waals surface area contributed by atoms with E-state index in [9.17, 15) is 9.59 Å². The maximum Gasteiger partial charge on any atom is 0.324 e. The largest absolute Gasteiger partial charge is 0.493 e. The van der Waals surface area contributed by atoms with Gasteiger partial charge in [0.05, 0.1) is 13.7 Å². The van der Waals surface area contributed by atoms with Crippen molar-refractivity contribution in [2.75, 3.05) is 45.8 Å². The van der Waals surface area contributed by atoms with E-state index in [-0.39, 0.29) is 18.5 Å². The van der Waals surface area contributed by atoms with Gasteiger partial charge >= 0.3 is 6.03 Å². The zero-order chi connectivity index (χ0) is 27.2. The molecule has 3 heterocycles. The molecule has 0 aliphatic carbocycles. The molecule has 0 saturated carbocycles. The van der Waals surface area contributed by atoms with Crippen molar-refractivity contribution in [1.82, 2.24) is 19.4 Å². The van der Waals surface area contributed by atoms with Gasteiger partial charge < -0.3 is 23.8 Å². The first-order chi connectivity index (χ1) is 18.3. The minimum Gasteiger partial charge on any atom is -0.493 e. The van der Waals surface area contributed by atoms with Crippen LogP contribution >= 0.6 is 22.6 Å². The Labute approximate surface area is 237 Å². The standard InChI is InChI=1S/C28H36IN5O4/c1-5-6-7-15-38-24-16-21(9-10-23(24)37-4)34-14-8-13-32(28(34)36)17-20-11-12-30-27-26(20)22(29)18-33(27)19-25(35)31(2)3/h9-12,16,18H,5-8,13-15,17,19H2,1-4H3. The predicted molar refractivity (Wildman–Crippen MR) is 157 cm³/mol. The lowest BCUT2D eigenvalue weighted by Gasteiger charge is -2.36. The summed E-state index contributed by atoms with van der Waals surface area (Å²) in [6.07, 6.45) is 7.77. The summed E-state index contributed by atoms with van der Waals surface area (Å²) in [5.41, 5.74) is 2.57. The molecule has 3 amide bonds. The SMILES string of the molecule is CCCCCOc1cc(N2CCCN(Cc3ccnc4c3c(I)cn4CC(=O)N(C)C)C2=O)ccc1OC. The number of carbonyl (C=O) groups excluding carboxylic acids is 2. The molecule has 1 aromatic carbocycles. The summed E-state index contributed by atoms with van der Waals surface area (Å²) in [5, 5.41) is 0.983. The van der Waals surface area contributed by atoms with Crippen LogP contribution in [0.4, 0.5) is 10.5 Å². The number of urea groups is 1. The first kappa shape index (κ1) is 28.0. The van der Waals surface area contributed by atoms with Crippen molar-refractivity contribution < 1.29 is 19.1 Å². The fourth-order valence-corrected chi connectivity index (χ4v) is 5.55. The van der Waals surface area contributed by atoms with Crippen molar-refractivity contribution in [1.29, 1.82) is 0 Å². The molecule has 1 fully saturated rings. The highest BCUT2D eigenvalue weighted by molar-refractivity contribution is 14.1. The second kappa shape index (κ2) is 12.7. The molecule has 0 spiro atoms. The highest BCUT2D eigenvalue weighted by Gasteiger charge is 2.28. The Kier molecular flexibility index (Phi) is 9.35. The van der Waals surface area contributed by atoms with Crippen LogP contribution in [0.2, 0.25) is 0 Å². The molecule has 0 N–H and O–H groups in total. The van der Waals surface area contributed by atoms with Crippen molar-refractivity contribution in [3.8, 4) is 11.5 Å². The van der Waals surface area contributed by atoms with Gasteiger partial charge in [-0.2, -0.15) is 0 Å². The number of aromatic nitrogens is 2. The number of ether oxygens (including phenoxy) is 2. The molecule has 204 valence electrons. The average molecular weight is 634 g/mol. The normalized spacial score (nSPS) is 13.8. The maximum absolute atomic E-state index is 13.6. The van der Waals surface area contributed by atoms with Gasteiger partial charge in [-0.3, -0.25) is 9.69 Å². The first-order valence-corrected chi connectivity index (χ1v) is 14.1. The summed E-state index contributed by atoms with van der Waals surface area (Å²) >= 11 is 2.28. The number of halogens is 1. The summed E-state index contributed by atoms with van der Waals surface area (Å²) < 4.78 is 14.4. The zero-order valence-corrected chi connectivity index (χ0v) is 24.7.